The van der Waals surface area contributed by atoms with Crippen molar-refractivity contribution in [2.75, 3.05) is 0 Å². The number of hydrogen-bond acceptors (Lipinski definition) is 2. The molecule has 6 aromatic carbocycles. The van der Waals surface area contributed by atoms with Gasteiger partial charge in [0, 0.05) is 44.3 Å². The van der Waals surface area contributed by atoms with Crippen LogP contribution < -0.4 is 9.30 Å². The van der Waals surface area contributed by atoms with Gasteiger partial charge in [-0.05, 0) is 105 Å². The molecule has 0 atom stereocenters. The monoisotopic (exact) mass is 1020 g/mol. The molecule has 0 unspecified atom stereocenters. The van der Waals surface area contributed by atoms with Crippen LogP contribution >= 0.6 is 0 Å². The normalized spacial score (nSPS) is 12.2. The van der Waals surface area contributed by atoms with E-state index >= 15 is 0 Å². The summed E-state index contributed by atoms with van der Waals surface area (Å²) in [5, 5.41) is 2.22. The van der Waals surface area contributed by atoms with Crippen molar-refractivity contribution < 1.29 is 30.4 Å². The van der Waals surface area contributed by atoms with E-state index in [0.717, 1.165) is 50.3 Å². The average Bonchev–Trinajstić information content (AvgIpc) is 3.82. The minimum Gasteiger partial charge on any atom is -0.510 e. The molecule has 0 saturated carbocycles. The molecule has 326 valence electrons. The van der Waals surface area contributed by atoms with Crippen LogP contribution in [-0.2, 0) is 37.3 Å². The second-order valence-corrected chi connectivity index (χ2v) is 20.0. The molecule has 0 amide bonds. The number of hydrogen-bond donors (Lipinski definition) is 0. The maximum Gasteiger partial charge on any atom is 0.267 e. The first-order valence-electron chi connectivity index (χ1n) is 22.0. The largest absolute Gasteiger partial charge is 0.510 e. The molecule has 6 heteroatoms. The predicted molar refractivity (Wildman–Crippen MR) is 259 cm³/mol. The second kappa shape index (κ2) is 16.8. The molecule has 9 aromatic rings. The molecule has 5 nitrogen and oxygen atoms in total. The van der Waals surface area contributed by atoms with Crippen LogP contribution in [0.25, 0.3) is 61.3 Å². The summed E-state index contributed by atoms with van der Waals surface area (Å²) in [5.74, 6) is 2.04. The van der Waals surface area contributed by atoms with E-state index in [1.54, 1.807) is 0 Å². The number of para-hydroxylation sites is 1. The van der Waals surface area contributed by atoms with Gasteiger partial charge < -0.3 is 13.9 Å². The van der Waals surface area contributed by atoms with Crippen molar-refractivity contribution >= 4 is 21.8 Å². The van der Waals surface area contributed by atoms with Gasteiger partial charge in [-0.15, -0.1) is 35.2 Å². The number of imidazole rings is 1. The van der Waals surface area contributed by atoms with E-state index in [2.05, 4.69) is 236 Å². The summed E-state index contributed by atoms with van der Waals surface area (Å²) >= 11 is 0. The zero-order valence-corrected chi connectivity index (χ0v) is 41.1. The summed E-state index contributed by atoms with van der Waals surface area (Å²) in [5.41, 5.74) is 13.9. The fourth-order valence-electron chi connectivity index (χ4n) is 9.00. The predicted octanol–water partition coefficient (Wildman–Crippen LogP) is 14.3. The Morgan fingerprint density at radius 1 is 0.578 bits per heavy atom. The van der Waals surface area contributed by atoms with Gasteiger partial charge in [-0.2, -0.15) is 12.1 Å². The van der Waals surface area contributed by atoms with E-state index in [0.29, 0.717) is 11.5 Å². The van der Waals surface area contributed by atoms with Crippen LogP contribution in [0.1, 0.15) is 90.4 Å². The molecule has 0 bridgehead atoms. The van der Waals surface area contributed by atoms with Gasteiger partial charge in [0.1, 0.15) is 5.82 Å². The van der Waals surface area contributed by atoms with Gasteiger partial charge in [0.15, 0.2) is 0 Å². The smallest absolute Gasteiger partial charge is 0.267 e. The average molecular weight is 1020 g/mol. The van der Waals surface area contributed by atoms with Crippen LogP contribution in [0.15, 0.2) is 140 Å². The molecule has 0 radical (unpaired) electrons. The summed E-state index contributed by atoms with van der Waals surface area (Å²) in [6, 6.07) is 54.6. The molecule has 0 N–H and O–H groups in total. The topological polar surface area (TPSA) is 35.9 Å². The number of pyridine rings is 1. The van der Waals surface area contributed by atoms with Gasteiger partial charge in [-0.25, -0.2) is 4.98 Å². The van der Waals surface area contributed by atoms with Crippen LogP contribution in [-0.4, -0.2) is 14.1 Å². The zero-order valence-electron chi connectivity index (χ0n) is 38.8. The third kappa shape index (κ3) is 8.39. The van der Waals surface area contributed by atoms with Crippen molar-refractivity contribution in [2.24, 2.45) is 0 Å². The summed E-state index contributed by atoms with van der Waals surface area (Å²) in [6.07, 6.45) is 5.77. The van der Waals surface area contributed by atoms with Crippen molar-refractivity contribution in [2.45, 2.75) is 92.4 Å². The third-order valence-electron chi connectivity index (χ3n) is 12.0. The molecule has 0 fully saturated rings. The molecule has 0 aliphatic heterocycles. The van der Waals surface area contributed by atoms with E-state index in [4.69, 9.17) is 9.72 Å². The van der Waals surface area contributed by atoms with E-state index in [1.807, 2.05) is 12.3 Å². The first-order chi connectivity index (χ1) is 30.0. The van der Waals surface area contributed by atoms with E-state index in [-0.39, 0.29) is 37.3 Å². The van der Waals surface area contributed by atoms with Crippen LogP contribution in [0.5, 0.6) is 11.5 Å². The van der Waals surface area contributed by atoms with E-state index < -0.39 is 0 Å². The van der Waals surface area contributed by atoms with Crippen LogP contribution in [0, 0.1) is 32.3 Å². The quantitative estimate of drug-likeness (QED) is 0.118. The first kappa shape index (κ1) is 44.6. The second-order valence-electron chi connectivity index (χ2n) is 20.0. The number of benzene rings is 6. The van der Waals surface area contributed by atoms with Gasteiger partial charge in [0.25, 0.3) is 6.33 Å². The maximum absolute atomic E-state index is 6.95. The number of rotatable bonds is 7. The van der Waals surface area contributed by atoms with Gasteiger partial charge in [0.2, 0.25) is 0 Å². The summed E-state index contributed by atoms with van der Waals surface area (Å²) in [4.78, 5) is 4.90. The Morgan fingerprint density at radius 3 is 1.92 bits per heavy atom. The Labute approximate surface area is 393 Å². The number of ether oxygens (including phenoxy) is 1. The zero-order chi connectivity index (χ0) is 44.4. The SMILES string of the molecule is Cc1cccc(C)c1-c1cc(Oc2[c-]c3c(cc2)c2ccccc2n3-c2cc(C(C)(C)C)ccn2)[c-]c(-n2[c-][n+](-c3ccc(-c4ccccc4)cc3)c(C(C)(C)C)c2C(C)(C)C)c1.[Pt]. The van der Waals surface area contributed by atoms with Crippen LogP contribution in [0.4, 0.5) is 0 Å². The molecule has 3 aromatic heterocycles. The number of fused-ring (bicyclic) bond motifs is 3. The Hall–Kier alpha value is -6.03. The molecule has 0 saturated heterocycles. The van der Waals surface area contributed by atoms with Crippen molar-refractivity contribution in [1.82, 2.24) is 14.1 Å². The molecule has 0 aliphatic carbocycles. The van der Waals surface area contributed by atoms with Gasteiger partial charge in [0.05, 0.1) is 17.1 Å². The molecule has 64 heavy (non-hydrogen) atoms. The fraction of sp³-hybridized carbons (Fsp3) is 0.241. The standard InChI is InChI=1S/C58H56N4O.Pt/c1-38-18-17-19-39(2)53(38)42-32-45(61-37-60(54(57(6,7)8)55(61)58(9,10)11)44-26-24-41(25-27-44)40-20-13-12-14-21-40)35-47(33-42)63-46-28-29-49-48-22-15-16-23-50(48)62(51(49)36-46)52-34-43(30-31-59-52)56(3,4)5;/h12-34H,1-11H3;/q-2;. The van der Waals surface area contributed by atoms with Crippen molar-refractivity contribution in [3.63, 3.8) is 0 Å². The molecular weight excluding hydrogens is 964 g/mol. The Bertz CT molecular complexity index is 3130. The number of aromatic nitrogens is 4. The molecule has 3 heterocycles. The summed E-state index contributed by atoms with van der Waals surface area (Å²) < 4.78 is 13.6. The minimum atomic E-state index is -0.262. The maximum atomic E-state index is 6.95. The van der Waals surface area contributed by atoms with Gasteiger partial charge >= 0.3 is 0 Å². The Kier molecular flexibility index (Phi) is 11.7. The van der Waals surface area contributed by atoms with Gasteiger partial charge in [-0.3, -0.25) is 4.57 Å². The fourth-order valence-corrected chi connectivity index (χ4v) is 9.00. The van der Waals surface area contributed by atoms with Crippen molar-refractivity contribution in [3.8, 4) is 50.9 Å². The summed E-state index contributed by atoms with van der Waals surface area (Å²) in [6.45, 7) is 24.8. The molecular formula is C58H56N4OPt-2. The Morgan fingerprint density at radius 2 is 1.25 bits per heavy atom. The third-order valence-corrected chi connectivity index (χ3v) is 12.0. The summed E-state index contributed by atoms with van der Waals surface area (Å²) in [7, 11) is 0. The Balaban J connectivity index is 0.00000560. The van der Waals surface area contributed by atoms with Gasteiger partial charge in [-0.1, -0.05) is 147 Å². The molecule has 9 rings (SSSR count). The number of aryl methyl sites for hydroxylation is 2. The van der Waals surface area contributed by atoms with Crippen LogP contribution in [0.2, 0.25) is 0 Å². The molecule has 0 spiro atoms. The number of nitrogens with zero attached hydrogens (tertiary/aromatic N) is 4. The molecule has 0 aliphatic rings. The minimum absolute atomic E-state index is 0. The van der Waals surface area contributed by atoms with Crippen LogP contribution in [0.3, 0.4) is 0 Å². The van der Waals surface area contributed by atoms with Crippen molar-refractivity contribution in [1.29, 1.82) is 0 Å². The van der Waals surface area contributed by atoms with Crippen molar-refractivity contribution in [3.05, 3.63) is 186 Å². The van der Waals surface area contributed by atoms with E-state index in [9.17, 15) is 0 Å². The van der Waals surface area contributed by atoms with E-state index in [1.165, 1.54) is 39.1 Å². The first-order valence-corrected chi connectivity index (χ1v) is 22.0.